The van der Waals surface area contributed by atoms with E-state index in [1.54, 1.807) is 6.20 Å². The number of halogens is 3. The van der Waals surface area contributed by atoms with E-state index in [9.17, 15) is 18.0 Å². The summed E-state index contributed by atoms with van der Waals surface area (Å²) < 4.78 is 42.9. The van der Waals surface area contributed by atoms with Crippen molar-refractivity contribution in [1.29, 1.82) is 0 Å². The van der Waals surface area contributed by atoms with E-state index in [4.69, 9.17) is 4.98 Å². The van der Waals surface area contributed by atoms with Gasteiger partial charge in [0.15, 0.2) is 0 Å². The number of fused-ring (bicyclic) bond motifs is 2. The molecule has 6 nitrogen and oxygen atoms in total. The average molecular weight is 530 g/mol. The van der Waals surface area contributed by atoms with Gasteiger partial charge in [-0.15, -0.1) is 0 Å². The molecule has 1 saturated heterocycles. The van der Waals surface area contributed by atoms with Crippen LogP contribution in [-0.4, -0.2) is 38.6 Å². The van der Waals surface area contributed by atoms with Crippen LogP contribution in [-0.2, 0) is 17.5 Å². The van der Waals surface area contributed by atoms with E-state index in [0.717, 1.165) is 52.6 Å². The summed E-state index contributed by atoms with van der Waals surface area (Å²) in [6, 6.07) is 17.6. The smallest absolute Gasteiger partial charge is 0.323 e. The Kier molecular flexibility index (Phi) is 5.42. The van der Waals surface area contributed by atoms with Crippen molar-refractivity contribution in [2.24, 2.45) is 11.3 Å². The number of Topliss-reactive ketones (excluding diaryl/α,β-unsaturated/α-hetero) is 1. The van der Waals surface area contributed by atoms with Gasteiger partial charge in [-0.1, -0.05) is 30.3 Å². The number of benzene rings is 3. The molecule has 39 heavy (non-hydrogen) atoms. The molecule has 0 amide bonds. The van der Waals surface area contributed by atoms with Gasteiger partial charge in [0.05, 0.1) is 33.7 Å². The summed E-state index contributed by atoms with van der Waals surface area (Å²) in [5, 5.41) is 11.4. The highest BCUT2D eigenvalue weighted by Gasteiger charge is 2.48. The second-order valence-corrected chi connectivity index (χ2v) is 10.8. The molecule has 1 aliphatic carbocycles. The Hall–Kier alpha value is -3.98. The quantitative estimate of drug-likeness (QED) is 0.274. The van der Waals surface area contributed by atoms with Crippen molar-refractivity contribution in [3.05, 3.63) is 72.4 Å². The molecule has 3 heterocycles. The lowest BCUT2D eigenvalue weighted by Gasteiger charge is -2.28. The predicted molar refractivity (Wildman–Crippen MR) is 143 cm³/mol. The van der Waals surface area contributed by atoms with Crippen molar-refractivity contribution in [3.63, 3.8) is 0 Å². The molecule has 0 spiro atoms. The first-order valence-corrected chi connectivity index (χ1v) is 13.2. The number of carbonyl (C=O) groups is 1. The van der Waals surface area contributed by atoms with Crippen molar-refractivity contribution >= 4 is 27.7 Å². The number of hydrogen-bond acceptors (Lipinski definition) is 4. The zero-order valence-corrected chi connectivity index (χ0v) is 21.1. The number of alkyl halides is 3. The van der Waals surface area contributed by atoms with Gasteiger partial charge in [-0.25, -0.2) is 4.98 Å². The van der Waals surface area contributed by atoms with Crippen molar-refractivity contribution in [2.45, 2.75) is 32.0 Å². The van der Waals surface area contributed by atoms with Gasteiger partial charge in [0.25, 0.3) is 0 Å². The summed E-state index contributed by atoms with van der Waals surface area (Å²) in [7, 11) is 0. The van der Waals surface area contributed by atoms with E-state index in [1.165, 1.54) is 6.07 Å². The number of ketones is 1. The molecule has 1 saturated carbocycles. The highest BCUT2D eigenvalue weighted by molar-refractivity contribution is 5.90. The van der Waals surface area contributed by atoms with Crippen LogP contribution >= 0.6 is 0 Å². The van der Waals surface area contributed by atoms with Gasteiger partial charge in [0.1, 0.15) is 11.6 Å². The average Bonchev–Trinajstić information content (AvgIpc) is 3.32. The fraction of sp³-hybridized carbons (Fsp3) is 0.300. The molecule has 1 aliphatic heterocycles. The number of aromatic nitrogens is 4. The first kappa shape index (κ1) is 24.1. The molecule has 0 radical (unpaired) electrons. The number of carbonyl (C=O) groups excluding carboxylic acids is 1. The van der Waals surface area contributed by atoms with E-state index >= 15 is 0 Å². The van der Waals surface area contributed by atoms with E-state index < -0.39 is 17.2 Å². The van der Waals surface area contributed by atoms with E-state index in [0.29, 0.717) is 42.9 Å². The zero-order chi connectivity index (χ0) is 26.8. The number of aromatic amines is 1. The molecular formula is C30H26F3N5O. The first-order valence-electron chi connectivity index (χ1n) is 13.2. The topological polar surface area (TPSA) is 75.6 Å². The van der Waals surface area contributed by atoms with Crippen LogP contribution in [0.15, 0.2) is 66.9 Å². The SMILES string of the molecule is O=C(C1CC1)[C@@]1(Cn2c(-c3ccc(-c4ccc5[nH]ncc5c4)cc3)nc3ccc(C(F)(F)F)cc32)CCNC1. The summed E-state index contributed by atoms with van der Waals surface area (Å²) in [5.41, 5.74) is 3.27. The molecule has 9 heteroatoms. The maximum absolute atomic E-state index is 13.7. The van der Waals surface area contributed by atoms with Crippen LogP contribution in [0.3, 0.4) is 0 Å². The third-order valence-corrected chi connectivity index (χ3v) is 8.17. The van der Waals surface area contributed by atoms with Gasteiger partial charge in [0.2, 0.25) is 0 Å². The lowest BCUT2D eigenvalue weighted by atomic mass is 9.80. The summed E-state index contributed by atoms with van der Waals surface area (Å²) >= 11 is 0. The number of hydrogen-bond donors (Lipinski definition) is 2. The van der Waals surface area contributed by atoms with Crippen molar-refractivity contribution in [1.82, 2.24) is 25.1 Å². The van der Waals surface area contributed by atoms with Crippen LogP contribution in [0.5, 0.6) is 0 Å². The molecule has 2 aromatic heterocycles. The largest absolute Gasteiger partial charge is 0.416 e. The molecule has 3 aromatic carbocycles. The van der Waals surface area contributed by atoms with Crippen molar-refractivity contribution < 1.29 is 18.0 Å². The Bertz CT molecular complexity index is 1710. The highest BCUT2D eigenvalue weighted by Crippen LogP contribution is 2.43. The van der Waals surface area contributed by atoms with Crippen molar-refractivity contribution in [2.75, 3.05) is 13.1 Å². The summed E-state index contributed by atoms with van der Waals surface area (Å²) in [5.74, 6) is 0.842. The summed E-state index contributed by atoms with van der Waals surface area (Å²) in [6.07, 6.45) is -0.250. The Morgan fingerprint density at radius 3 is 2.49 bits per heavy atom. The van der Waals surface area contributed by atoms with Gasteiger partial charge in [-0.05, 0) is 67.3 Å². The van der Waals surface area contributed by atoms with Crippen LogP contribution in [0.1, 0.15) is 24.8 Å². The second-order valence-electron chi connectivity index (χ2n) is 10.8. The minimum atomic E-state index is -4.47. The summed E-state index contributed by atoms with van der Waals surface area (Å²) in [6.45, 7) is 1.53. The number of rotatable bonds is 6. The lowest BCUT2D eigenvalue weighted by molar-refractivity contribution is -0.137. The minimum Gasteiger partial charge on any atom is -0.323 e. The van der Waals surface area contributed by atoms with Crippen molar-refractivity contribution in [3.8, 4) is 22.5 Å². The number of nitrogens with one attached hydrogen (secondary N) is 2. The minimum absolute atomic E-state index is 0.0562. The molecule has 1 atom stereocenters. The number of imidazole rings is 1. The Morgan fingerprint density at radius 1 is 1.00 bits per heavy atom. The van der Waals surface area contributed by atoms with E-state index in [2.05, 4.69) is 21.6 Å². The number of H-pyrrole nitrogens is 1. The van der Waals surface area contributed by atoms with E-state index in [-0.39, 0.29) is 11.7 Å². The molecule has 0 bridgehead atoms. The van der Waals surface area contributed by atoms with Crippen LogP contribution in [0, 0.1) is 11.3 Å². The van der Waals surface area contributed by atoms with Gasteiger partial charge < -0.3 is 9.88 Å². The third kappa shape index (κ3) is 4.21. The van der Waals surface area contributed by atoms with Crippen LogP contribution < -0.4 is 5.32 Å². The van der Waals surface area contributed by atoms with Crippen LogP contribution in [0.25, 0.3) is 44.5 Å². The van der Waals surface area contributed by atoms with Crippen LogP contribution in [0.4, 0.5) is 13.2 Å². The maximum Gasteiger partial charge on any atom is 0.416 e. The summed E-state index contributed by atoms with van der Waals surface area (Å²) in [4.78, 5) is 18.3. The van der Waals surface area contributed by atoms with Crippen LogP contribution in [0.2, 0.25) is 0 Å². The molecule has 2 N–H and O–H groups in total. The molecule has 2 aliphatic rings. The zero-order valence-electron chi connectivity index (χ0n) is 21.1. The van der Waals surface area contributed by atoms with Gasteiger partial charge >= 0.3 is 6.18 Å². The molecule has 2 fully saturated rings. The monoisotopic (exact) mass is 529 g/mol. The number of nitrogens with zero attached hydrogens (tertiary/aromatic N) is 3. The normalized spacial score (nSPS) is 19.8. The van der Waals surface area contributed by atoms with Gasteiger partial charge in [0, 0.05) is 30.0 Å². The molecule has 0 unspecified atom stereocenters. The molecule has 5 aromatic rings. The second kappa shape index (κ2) is 8.77. The molecule has 198 valence electrons. The standard InChI is InChI=1S/C30H26F3N5O/c31-30(32,33)23-8-10-25-26(14-23)38(17-29(11-12-34-16-29)27(39)19-3-4-19)28(36-25)20-5-1-18(2-6-20)21-7-9-24-22(13-21)15-35-37-24/h1-2,5-10,13-15,19,34H,3-4,11-12,16-17H2,(H,35,37)/t29-/m0/s1. The first-order chi connectivity index (χ1) is 18.8. The maximum atomic E-state index is 13.7. The molecular weight excluding hydrogens is 503 g/mol. The Balaban J connectivity index is 1.33. The third-order valence-electron chi connectivity index (χ3n) is 8.17. The van der Waals surface area contributed by atoms with Gasteiger partial charge in [-0.3, -0.25) is 9.89 Å². The molecule has 7 rings (SSSR count). The Morgan fingerprint density at radius 2 is 1.77 bits per heavy atom. The lowest BCUT2D eigenvalue weighted by Crippen LogP contribution is -2.39. The highest BCUT2D eigenvalue weighted by atomic mass is 19.4. The predicted octanol–water partition coefficient (Wildman–Crippen LogP) is 6.22. The Labute approximate surface area is 222 Å². The van der Waals surface area contributed by atoms with Gasteiger partial charge in [-0.2, -0.15) is 18.3 Å². The fourth-order valence-electron chi connectivity index (χ4n) is 5.86. The fourth-order valence-corrected chi connectivity index (χ4v) is 5.86. The van der Waals surface area contributed by atoms with E-state index in [1.807, 2.05) is 41.0 Å².